The monoisotopic (exact) mass is 484 g/mol. The molecule has 6 nitrogen and oxygen atoms in total. The molecule has 2 aromatic rings. The Labute approximate surface area is 193 Å². The van der Waals surface area contributed by atoms with Gasteiger partial charge in [-0.05, 0) is 62.7 Å². The number of hydrogen-bond donors (Lipinski definition) is 0. The van der Waals surface area contributed by atoms with Crippen molar-refractivity contribution in [2.45, 2.75) is 43.9 Å². The molecule has 3 atom stereocenters. The van der Waals surface area contributed by atoms with Crippen molar-refractivity contribution in [2.24, 2.45) is 0 Å². The lowest BCUT2D eigenvalue weighted by atomic mass is 10.1. The van der Waals surface area contributed by atoms with Crippen LogP contribution in [0, 0.1) is 0 Å². The molecule has 0 spiro atoms. The molecule has 1 aliphatic rings. The van der Waals surface area contributed by atoms with Gasteiger partial charge in [-0.25, -0.2) is 8.42 Å². The highest BCUT2D eigenvalue weighted by molar-refractivity contribution is 7.89. The fraction of sp³-hybridized carbons (Fsp3) is 0.409. The number of hydrogen-bond acceptors (Lipinski definition) is 4. The molecule has 3 rings (SSSR count). The maximum Gasteiger partial charge on any atom is 0.254 e. The zero-order chi connectivity index (χ0) is 22.9. The number of amides is 1. The zero-order valence-electron chi connectivity index (χ0n) is 17.9. The van der Waals surface area contributed by atoms with E-state index in [4.69, 9.17) is 27.9 Å². The van der Waals surface area contributed by atoms with E-state index in [0.29, 0.717) is 28.7 Å². The van der Waals surface area contributed by atoms with Crippen molar-refractivity contribution < 1.29 is 17.9 Å². The topological polar surface area (TPSA) is 66.9 Å². The smallest absolute Gasteiger partial charge is 0.254 e. The van der Waals surface area contributed by atoms with E-state index in [2.05, 4.69) is 0 Å². The molecule has 0 bridgehead atoms. The number of ether oxygens (including phenoxy) is 1. The van der Waals surface area contributed by atoms with E-state index in [1.54, 1.807) is 30.1 Å². The van der Waals surface area contributed by atoms with Gasteiger partial charge in [0, 0.05) is 35.7 Å². The molecule has 1 amide bonds. The predicted molar refractivity (Wildman–Crippen MR) is 122 cm³/mol. The Morgan fingerprint density at radius 3 is 2.23 bits per heavy atom. The van der Waals surface area contributed by atoms with Crippen molar-refractivity contribution in [2.75, 3.05) is 20.1 Å². The van der Waals surface area contributed by atoms with Gasteiger partial charge < -0.3 is 9.64 Å². The lowest BCUT2D eigenvalue weighted by Gasteiger charge is -2.34. The molecule has 2 aromatic carbocycles. The van der Waals surface area contributed by atoms with Crippen LogP contribution in [-0.4, -0.2) is 55.9 Å². The Bertz CT molecular complexity index is 1050. The van der Waals surface area contributed by atoms with Crippen LogP contribution in [0.15, 0.2) is 47.4 Å². The number of halogens is 2. The highest BCUT2D eigenvalue weighted by Crippen LogP contribution is 2.30. The second-order valence-corrected chi connectivity index (χ2v) is 10.6. The number of rotatable bonds is 5. The van der Waals surface area contributed by atoms with E-state index in [9.17, 15) is 13.2 Å². The summed E-state index contributed by atoms with van der Waals surface area (Å²) in [4.78, 5) is 14.7. The van der Waals surface area contributed by atoms with Gasteiger partial charge in [-0.2, -0.15) is 4.31 Å². The van der Waals surface area contributed by atoms with Crippen LogP contribution < -0.4 is 0 Å². The van der Waals surface area contributed by atoms with Crippen molar-refractivity contribution in [1.82, 2.24) is 9.21 Å². The average Bonchev–Trinajstić information content (AvgIpc) is 2.71. The molecule has 3 unspecified atom stereocenters. The third-order valence-electron chi connectivity index (χ3n) is 5.44. The minimum absolute atomic E-state index is 0.154. The number of sulfonamides is 1. The van der Waals surface area contributed by atoms with Crippen LogP contribution in [0.5, 0.6) is 0 Å². The quantitative estimate of drug-likeness (QED) is 0.620. The van der Waals surface area contributed by atoms with Crippen molar-refractivity contribution in [3.8, 4) is 0 Å². The second kappa shape index (κ2) is 9.46. The molecule has 1 fully saturated rings. The molecule has 0 saturated carbocycles. The first kappa shape index (κ1) is 24.0. The molecule has 0 aromatic heterocycles. The Hall–Kier alpha value is -1.64. The summed E-state index contributed by atoms with van der Waals surface area (Å²) in [5, 5.41) is 1.01. The summed E-state index contributed by atoms with van der Waals surface area (Å²) in [7, 11) is -1.98. The Balaban J connectivity index is 1.78. The van der Waals surface area contributed by atoms with Crippen LogP contribution in [0.1, 0.15) is 42.7 Å². The molecular weight excluding hydrogens is 459 g/mol. The van der Waals surface area contributed by atoms with E-state index in [1.165, 1.54) is 28.6 Å². The summed E-state index contributed by atoms with van der Waals surface area (Å²) in [5.41, 5.74) is 1.17. The fourth-order valence-corrected chi connectivity index (χ4v) is 5.83. The summed E-state index contributed by atoms with van der Waals surface area (Å²) in [6.07, 6.45) is -0.344. The number of nitrogens with zero attached hydrogens (tertiary/aromatic N) is 2. The van der Waals surface area contributed by atoms with Gasteiger partial charge >= 0.3 is 0 Å². The predicted octanol–water partition coefficient (Wildman–Crippen LogP) is 4.62. The average molecular weight is 485 g/mol. The van der Waals surface area contributed by atoms with Gasteiger partial charge in [0.15, 0.2) is 0 Å². The molecule has 0 N–H and O–H groups in total. The first-order valence-electron chi connectivity index (χ1n) is 9.98. The first-order valence-corrected chi connectivity index (χ1v) is 12.2. The Kier molecular flexibility index (Phi) is 7.33. The van der Waals surface area contributed by atoms with E-state index >= 15 is 0 Å². The Morgan fingerprint density at radius 1 is 1.10 bits per heavy atom. The minimum atomic E-state index is -3.66. The van der Waals surface area contributed by atoms with Crippen molar-refractivity contribution >= 4 is 39.1 Å². The van der Waals surface area contributed by atoms with Gasteiger partial charge in [-0.15, -0.1) is 0 Å². The van der Waals surface area contributed by atoms with Crippen molar-refractivity contribution in [3.63, 3.8) is 0 Å². The van der Waals surface area contributed by atoms with E-state index in [-0.39, 0.29) is 29.1 Å². The normalized spacial score (nSPS) is 21.0. The van der Waals surface area contributed by atoms with Crippen LogP contribution >= 0.6 is 23.2 Å². The van der Waals surface area contributed by atoms with E-state index in [0.717, 1.165) is 5.56 Å². The summed E-state index contributed by atoms with van der Waals surface area (Å²) >= 11 is 12.2. The third kappa shape index (κ3) is 5.23. The summed E-state index contributed by atoms with van der Waals surface area (Å²) in [6, 6.07) is 10.9. The molecule has 1 aliphatic heterocycles. The number of carbonyl (C=O) groups excluding carboxylic acids is 1. The van der Waals surface area contributed by atoms with Gasteiger partial charge in [0.05, 0.1) is 23.1 Å². The summed E-state index contributed by atoms with van der Waals surface area (Å²) in [5.74, 6) is -0.240. The van der Waals surface area contributed by atoms with Crippen molar-refractivity contribution in [3.05, 3.63) is 63.6 Å². The largest absolute Gasteiger partial charge is 0.373 e. The summed E-state index contributed by atoms with van der Waals surface area (Å²) in [6.45, 7) is 6.17. The molecule has 168 valence electrons. The number of morpholine rings is 1. The second-order valence-electron chi connectivity index (χ2n) is 7.86. The minimum Gasteiger partial charge on any atom is -0.373 e. The van der Waals surface area contributed by atoms with Crippen LogP contribution in [0.25, 0.3) is 0 Å². The lowest BCUT2D eigenvalue weighted by molar-refractivity contribution is -0.0440. The van der Waals surface area contributed by atoms with Crippen molar-refractivity contribution in [1.29, 1.82) is 0 Å². The van der Waals surface area contributed by atoms with Crippen LogP contribution in [0.2, 0.25) is 10.0 Å². The highest BCUT2D eigenvalue weighted by atomic mass is 35.5. The standard InChI is InChI=1S/C22H26Cl2N2O4S/c1-14-12-26(13-15(2)30-14)31(28,29)19-8-5-17(6-9-19)22(27)25(4)16(3)20-10-7-18(23)11-21(20)24/h5-11,14-16H,12-13H2,1-4H3. The van der Waals surface area contributed by atoms with E-state index < -0.39 is 10.0 Å². The molecule has 31 heavy (non-hydrogen) atoms. The first-order chi connectivity index (χ1) is 14.5. The fourth-order valence-electron chi connectivity index (χ4n) is 3.67. The molecule has 1 saturated heterocycles. The van der Waals surface area contributed by atoms with Crippen LogP contribution in [0.4, 0.5) is 0 Å². The van der Waals surface area contributed by atoms with Gasteiger partial charge in [0.25, 0.3) is 5.91 Å². The lowest BCUT2D eigenvalue weighted by Crippen LogP contribution is -2.48. The van der Waals surface area contributed by atoms with Crippen LogP contribution in [-0.2, 0) is 14.8 Å². The molecule has 9 heteroatoms. The number of benzene rings is 2. The third-order valence-corrected chi connectivity index (χ3v) is 7.85. The van der Waals surface area contributed by atoms with Crippen LogP contribution in [0.3, 0.4) is 0 Å². The Morgan fingerprint density at radius 2 is 1.68 bits per heavy atom. The van der Waals surface area contributed by atoms with E-state index in [1.807, 2.05) is 20.8 Å². The SMILES string of the molecule is CC1CN(S(=O)(=O)c2ccc(C(=O)N(C)C(C)c3ccc(Cl)cc3Cl)cc2)CC(C)O1. The number of carbonyl (C=O) groups is 1. The maximum absolute atomic E-state index is 13.0. The maximum atomic E-state index is 13.0. The highest BCUT2D eigenvalue weighted by Gasteiger charge is 2.32. The molecule has 1 heterocycles. The van der Waals surface area contributed by atoms with Gasteiger partial charge in [0.1, 0.15) is 0 Å². The molecule has 0 aliphatic carbocycles. The zero-order valence-corrected chi connectivity index (χ0v) is 20.2. The van der Waals surface area contributed by atoms with Gasteiger partial charge in [0.2, 0.25) is 10.0 Å². The molecule has 0 radical (unpaired) electrons. The van der Waals surface area contributed by atoms with Gasteiger partial charge in [-0.1, -0.05) is 29.3 Å². The van der Waals surface area contributed by atoms with Gasteiger partial charge in [-0.3, -0.25) is 4.79 Å². The summed E-state index contributed by atoms with van der Waals surface area (Å²) < 4.78 is 33.1. The molecular formula is C22H26Cl2N2O4S.